The third kappa shape index (κ3) is 12.1. The first-order chi connectivity index (χ1) is 24.2. The maximum Gasteiger partial charge on any atom is 0.328 e. The van der Waals surface area contributed by atoms with E-state index >= 15 is 0 Å². The second-order valence-corrected chi connectivity index (χ2v) is 11.4. The Morgan fingerprint density at radius 3 is 2.66 bits per heavy atom. The summed E-state index contributed by atoms with van der Waals surface area (Å²) in [4.78, 5) is 40.1. The number of hydrogen-bond acceptors (Lipinski definition) is 12. The zero-order valence-electron chi connectivity index (χ0n) is 28.4. The Morgan fingerprint density at radius 1 is 1.14 bits per heavy atom. The molecule has 1 aliphatic rings. The maximum atomic E-state index is 13.2. The monoisotopic (exact) mass is 708 g/mol. The van der Waals surface area contributed by atoms with Crippen molar-refractivity contribution in [2.75, 3.05) is 49.6 Å². The second kappa shape index (κ2) is 21.0. The van der Waals surface area contributed by atoms with E-state index in [4.69, 9.17) is 28.0 Å². The SMILES string of the molecule is CCOC(=O)[C@@H]1CCCC[C@H](NC(=O)/C=C/c2cc(Cl)ccc2N(N)/C=N\N)c2cc(ccn2)-c2ccc(NC)cc2N1.COCCOC=O. The van der Waals surface area contributed by atoms with Gasteiger partial charge in [-0.15, -0.1) is 0 Å². The Hall–Kier alpha value is -5.18. The number of methoxy groups -OCH3 is 1. The summed E-state index contributed by atoms with van der Waals surface area (Å²) in [6, 6.07) is 14.0. The average molecular weight is 709 g/mol. The molecule has 0 aliphatic carbocycles. The molecule has 1 amide bonds. The van der Waals surface area contributed by atoms with Gasteiger partial charge in [0.2, 0.25) is 5.91 Å². The van der Waals surface area contributed by atoms with E-state index in [1.54, 1.807) is 44.5 Å². The van der Waals surface area contributed by atoms with Gasteiger partial charge < -0.3 is 36.0 Å². The average Bonchev–Trinajstić information content (AvgIpc) is 3.11. The highest BCUT2D eigenvalue weighted by molar-refractivity contribution is 6.30. The van der Waals surface area contributed by atoms with Crippen molar-refractivity contribution in [3.8, 4) is 11.1 Å². The van der Waals surface area contributed by atoms with Crippen LogP contribution in [0.25, 0.3) is 17.2 Å². The van der Waals surface area contributed by atoms with Crippen molar-refractivity contribution < 1.29 is 28.6 Å². The summed E-state index contributed by atoms with van der Waals surface area (Å²) in [5.41, 5.74) is 5.43. The van der Waals surface area contributed by atoms with Gasteiger partial charge >= 0.3 is 5.97 Å². The van der Waals surface area contributed by atoms with Crippen molar-refractivity contribution >= 4 is 59.4 Å². The van der Waals surface area contributed by atoms with E-state index in [1.165, 1.54) is 17.4 Å². The van der Waals surface area contributed by atoms with E-state index in [9.17, 15) is 14.4 Å². The standard InChI is InChI=1S/C31H37ClN8O3.C4H8O3/c1-3-43-31(42)26-7-5-4-6-25(28-17-20(14-15-36-28)24-11-10-23(35-2)18-27(24)38-26)39-30(41)13-8-21-16-22(32)9-12-29(21)40(34)19-37-33;1-6-2-3-7-4-5/h8-19,25-26,35,38H,3-7,33-34H2,1-2H3,(H,39,41);4H,2-3H2,1H3/b13-8+,37-19-;/t25-,26-;/m0./s1. The Kier molecular flexibility index (Phi) is 16.5. The molecule has 1 aliphatic heterocycles. The number of aromatic nitrogens is 1. The summed E-state index contributed by atoms with van der Waals surface area (Å²) in [6.45, 7) is 3.32. The van der Waals surface area contributed by atoms with Crippen LogP contribution in [0.5, 0.6) is 0 Å². The number of nitrogens with two attached hydrogens (primary N) is 2. The van der Waals surface area contributed by atoms with Crippen LogP contribution in [-0.2, 0) is 28.6 Å². The van der Waals surface area contributed by atoms with Crippen LogP contribution in [0.2, 0.25) is 5.02 Å². The van der Waals surface area contributed by atoms with Crippen molar-refractivity contribution in [3.63, 3.8) is 0 Å². The Bertz CT molecular complexity index is 1620. The van der Waals surface area contributed by atoms with Gasteiger partial charge in [-0.25, -0.2) is 10.6 Å². The van der Waals surface area contributed by atoms with Crippen molar-refractivity contribution in [2.24, 2.45) is 16.8 Å². The number of rotatable bonds is 12. The van der Waals surface area contributed by atoms with Crippen LogP contribution in [-0.4, -0.2) is 69.7 Å². The minimum atomic E-state index is -0.513. The Labute approximate surface area is 297 Å². The normalized spacial score (nSPS) is 15.6. The molecule has 15 heteroatoms. The van der Waals surface area contributed by atoms with Gasteiger partial charge in [-0.1, -0.05) is 30.5 Å². The van der Waals surface area contributed by atoms with Gasteiger partial charge in [0.25, 0.3) is 6.47 Å². The third-order valence-corrected chi connectivity index (χ3v) is 7.79. The van der Waals surface area contributed by atoms with Crippen LogP contribution in [0, 0.1) is 0 Å². The molecule has 2 heterocycles. The summed E-state index contributed by atoms with van der Waals surface area (Å²) < 4.78 is 14.2. The first kappa shape index (κ1) is 39.3. The minimum Gasteiger partial charge on any atom is -0.465 e. The zero-order chi connectivity index (χ0) is 36.3. The fourth-order valence-electron chi connectivity index (χ4n) is 5.14. The number of amides is 1. The lowest BCUT2D eigenvalue weighted by Crippen LogP contribution is -2.32. The Morgan fingerprint density at radius 2 is 1.94 bits per heavy atom. The van der Waals surface area contributed by atoms with Crippen LogP contribution in [0.15, 0.2) is 65.9 Å². The van der Waals surface area contributed by atoms with Gasteiger partial charge in [-0.2, -0.15) is 5.10 Å². The highest BCUT2D eigenvalue weighted by Gasteiger charge is 2.24. The smallest absolute Gasteiger partial charge is 0.328 e. The molecule has 7 N–H and O–H groups in total. The molecule has 0 spiro atoms. The van der Waals surface area contributed by atoms with E-state index in [0.717, 1.165) is 41.0 Å². The van der Waals surface area contributed by atoms with Crippen LogP contribution in [0.1, 0.15) is 49.9 Å². The fourth-order valence-corrected chi connectivity index (χ4v) is 5.32. The molecule has 0 saturated heterocycles. The summed E-state index contributed by atoms with van der Waals surface area (Å²) in [7, 11) is 3.40. The molecule has 0 unspecified atom stereocenters. The number of nitrogens with one attached hydrogen (secondary N) is 3. The molecule has 3 aromatic rings. The number of anilines is 3. The number of carbonyl (C=O) groups is 3. The van der Waals surface area contributed by atoms with Gasteiger partial charge in [0.15, 0.2) is 0 Å². The number of hydrazone groups is 1. The predicted octanol–water partition coefficient (Wildman–Crippen LogP) is 4.62. The lowest BCUT2D eigenvalue weighted by atomic mass is 9.96. The van der Waals surface area contributed by atoms with Crippen LogP contribution in [0.3, 0.4) is 0 Å². The number of halogens is 1. The van der Waals surface area contributed by atoms with E-state index in [-0.39, 0.29) is 17.9 Å². The van der Waals surface area contributed by atoms with E-state index in [2.05, 4.69) is 35.5 Å². The van der Waals surface area contributed by atoms with Crippen molar-refractivity contribution in [3.05, 3.63) is 77.1 Å². The number of benzene rings is 2. The van der Waals surface area contributed by atoms with Gasteiger partial charge in [-0.05, 0) is 73.9 Å². The molecular formula is C35H45ClN8O6. The second-order valence-electron chi connectivity index (χ2n) is 10.9. The minimum absolute atomic E-state index is 0.292. The molecule has 1 aromatic heterocycles. The van der Waals surface area contributed by atoms with E-state index in [1.807, 2.05) is 37.4 Å². The van der Waals surface area contributed by atoms with Gasteiger partial charge in [-0.3, -0.25) is 19.6 Å². The molecule has 14 nitrogen and oxygen atoms in total. The molecular weight excluding hydrogens is 664 g/mol. The molecule has 2 atom stereocenters. The molecule has 268 valence electrons. The quantitative estimate of drug-likeness (QED) is 0.0256. The van der Waals surface area contributed by atoms with Gasteiger partial charge in [0.05, 0.1) is 30.6 Å². The number of ether oxygens (including phenoxy) is 3. The molecule has 0 radical (unpaired) electrons. The lowest BCUT2D eigenvalue weighted by Gasteiger charge is -2.24. The summed E-state index contributed by atoms with van der Waals surface area (Å²) in [6.07, 6.45) is 8.73. The highest BCUT2D eigenvalue weighted by atomic mass is 35.5. The molecule has 4 rings (SSSR count). The first-order valence-electron chi connectivity index (χ1n) is 16.0. The number of esters is 1. The Balaban J connectivity index is 0.000000872. The lowest BCUT2D eigenvalue weighted by molar-refractivity contribution is -0.144. The van der Waals surface area contributed by atoms with Crippen LogP contribution >= 0.6 is 11.6 Å². The number of hydrazine groups is 1. The predicted molar refractivity (Wildman–Crippen MR) is 196 cm³/mol. The molecule has 0 saturated carbocycles. The largest absolute Gasteiger partial charge is 0.465 e. The zero-order valence-corrected chi connectivity index (χ0v) is 29.2. The van der Waals surface area contributed by atoms with Gasteiger partial charge in [0.1, 0.15) is 19.0 Å². The van der Waals surface area contributed by atoms with Crippen molar-refractivity contribution in [2.45, 2.75) is 44.7 Å². The molecule has 2 aromatic carbocycles. The van der Waals surface area contributed by atoms with Crippen molar-refractivity contribution in [1.82, 2.24) is 10.3 Å². The van der Waals surface area contributed by atoms with Crippen molar-refractivity contribution in [1.29, 1.82) is 0 Å². The summed E-state index contributed by atoms with van der Waals surface area (Å²) in [5.74, 6) is 10.6. The highest BCUT2D eigenvalue weighted by Crippen LogP contribution is 2.34. The number of nitrogens with zero attached hydrogens (tertiary/aromatic N) is 3. The number of carbonyl (C=O) groups excluding carboxylic acids is 3. The maximum absolute atomic E-state index is 13.2. The number of pyridine rings is 1. The topological polar surface area (TPSA) is 196 Å². The van der Waals surface area contributed by atoms with Crippen LogP contribution in [0.4, 0.5) is 17.1 Å². The van der Waals surface area contributed by atoms with Gasteiger partial charge in [0, 0.05) is 54.0 Å². The fraction of sp³-hybridized carbons (Fsp3) is 0.343. The number of fused-ring (bicyclic) bond motifs is 4. The third-order valence-electron chi connectivity index (χ3n) is 7.56. The van der Waals surface area contributed by atoms with E-state index in [0.29, 0.717) is 55.4 Å². The summed E-state index contributed by atoms with van der Waals surface area (Å²) >= 11 is 6.20. The first-order valence-corrected chi connectivity index (χ1v) is 16.4. The molecule has 2 bridgehead atoms. The van der Waals surface area contributed by atoms with Crippen LogP contribution < -0.4 is 32.6 Å². The summed E-state index contributed by atoms with van der Waals surface area (Å²) in [5, 5.41) is 14.9. The van der Waals surface area contributed by atoms with E-state index < -0.39 is 6.04 Å². The molecule has 50 heavy (non-hydrogen) atoms. The number of hydrogen-bond donors (Lipinski definition) is 5. The molecule has 0 fully saturated rings.